The summed E-state index contributed by atoms with van der Waals surface area (Å²) < 4.78 is 5.68. The van der Waals surface area contributed by atoms with Gasteiger partial charge < -0.3 is 9.84 Å². The molecule has 68 valence electrons. The van der Waals surface area contributed by atoms with E-state index in [-0.39, 0.29) is 5.78 Å². The summed E-state index contributed by atoms with van der Waals surface area (Å²) in [4.78, 5) is 11.3. The molecule has 2 heterocycles. The summed E-state index contributed by atoms with van der Waals surface area (Å²) in [5.74, 6) is 0.211. The fourth-order valence-electron chi connectivity index (χ4n) is 2.43. The van der Waals surface area contributed by atoms with Crippen LogP contribution in [0.25, 0.3) is 0 Å². The molecule has 2 fully saturated rings. The number of ketones is 1. The first-order valence-corrected chi connectivity index (χ1v) is 4.34. The molecular formula is C9H14O3. The van der Waals surface area contributed by atoms with Crippen molar-refractivity contribution in [3.05, 3.63) is 0 Å². The molecule has 0 aromatic heterocycles. The molecule has 3 heteroatoms. The number of hydrogen-bond acceptors (Lipinski definition) is 3. The van der Waals surface area contributed by atoms with Crippen molar-refractivity contribution in [3.8, 4) is 0 Å². The number of aliphatic hydroxyl groups is 1. The summed E-state index contributed by atoms with van der Waals surface area (Å²) >= 11 is 0. The Morgan fingerprint density at radius 3 is 2.75 bits per heavy atom. The van der Waals surface area contributed by atoms with Crippen molar-refractivity contribution in [3.63, 3.8) is 0 Å². The van der Waals surface area contributed by atoms with E-state index in [0.717, 1.165) is 0 Å². The number of carbonyl (C=O) groups excluding carboxylic acids is 1. The highest BCUT2D eigenvalue weighted by atomic mass is 16.5. The van der Waals surface area contributed by atoms with Gasteiger partial charge in [0.15, 0.2) is 0 Å². The van der Waals surface area contributed by atoms with Gasteiger partial charge in [-0.25, -0.2) is 0 Å². The predicted octanol–water partition coefficient (Wildman–Crippen LogP) is 0.648. The maximum Gasteiger partial charge on any atom is 0.138 e. The van der Waals surface area contributed by atoms with Gasteiger partial charge in [-0.2, -0.15) is 0 Å². The van der Waals surface area contributed by atoms with Crippen molar-refractivity contribution in [2.45, 2.75) is 50.4 Å². The van der Waals surface area contributed by atoms with Crippen LogP contribution in [0.15, 0.2) is 0 Å². The van der Waals surface area contributed by atoms with Crippen LogP contribution in [0.2, 0.25) is 0 Å². The van der Waals surface area contributed by atoms with Crippen LogP contribution in [-0.2, 0) is 9.53 Å². The van der Waals surface area contributed by atoms with E-state index < -0.39 is 17.3 Å². The zero-order valence-corrected chi connectivity index (χ0v) is 7.46. The average molecular weight is 170 g/mol. The van der Waals surface area contributed by atoms with Crippen LogP contribution in [0.5, 0.6) is 0 Å². The van der Waals surface area contributed by atoms with Crippen molar-refractivity contribution in [1.29, 1.82) is 0 Å². The molecule has 0 spiro atoms. The van der Waals surface area contributed by atoms with Gasteiger partial charge in [-0.05, 0) is 13.8 Å². The molecule has 2 aliphatic rings. The molecule has 3 atom stereocenters. The summed E-state index contributed by atoms with van der Waals surface area (Å²) in [6.07, 6.45) is 0.937. The first-order chi connectivity index (χ1) is 5.44. The highest BCUT2D eigenvalue weighted by Gasteiger charge is 2.55. The van der Waals surface area contributed by atoms with Gasteiger partial charge >= 0.3 is 0 Å². The van der Waals surface area contributed by atoms with E-state index >= 15 is 0 Å². The topological polar surface area (TPSA) is 46.5 Å². The number of aliphatic hydroxyl groups excluding tert-OH is 1. The van der Waals surface area contributed by atoms with Crippen LogP contribution in [0.3, 0.4) is 0 Å². The molecule has 12 heavy (non-hydrogen) atoms. The average Bonchev–Trinajstić information content (AvgIpc) is 1.96. The molecule has 0 aliphatic carbocycles. The van der Waals surface area contributed by atoms with Crippen LogP contribution in [0.1, 0.15) is 33.1 Å². The summed E-state index contributed by atoms with van der Waals surface area (Å²) in [5.41, 5.74) is -1.01. The number of ether oxygens (including phenoxy) is 1. The lowest BCUT2D eigenvalue weighted by Gasteiger charge is -2.35. The molecule has 2 rings (SSSR count). The Balaban J connectivity index is 2.33. The second kappa shape index (κ2) is 2.09. The summed E-state index contributed by atoms with van der Waals surface area (Å²) in [7, 11) is 0. The molecule has 0 aromatic rings. The van der Waals surface area contributed by atoms with E-state index in [9.17, 15) is 9.90 Å². The number of hydrogen-bond donors (Lipinski definition) is 1. The van der Waals surface area contributed by atoms with E-state index in [1.54, 1.807) is 0 Å². The Labute approximate surface area is 71.7 Å². The maximum atomic E-state index is 11.3. The van der Waals surface area contributed by atoms with Crippen LogP contribution >= 0.6 is 0 Å². The van der Waals surface area contributed by atoms with Crippen LogP contribution in [0.4, 0.5) is 0 Å². The second-order valence-electron chi connectivity index (χ2n) is 4.48. The van der Waals surface area contributed by atoms with Crippen LogP contribution in [-0.4, -0.2) is 28.2 Å². The molecule has 0 saturated carbocycles. The van der Waals surface area contributed by atoms with Gasteiger partial charge in [0.25, 0.3) is 0 Å². The minimum Gasteiger partial charge on any atom is -0.390 e. The monoisotopic (exact) mass is 170 g/mol. The molecule has 0 amide bonds. The predicted molar refractivity (Wildman–Crippen MR) is 42.8 cm³/mol. The van der Waals surface area contributed by atoms with Gasteiger partial charge in [-0.15, -0.1) is 0 Å². The molecule has 0 aromatic carbocycles. The number of rotatable bonds is 0. The molecule has 0 radical (unpaired) electrons. The Hall–Kier alpha value is -0.410. The fraction of sp³-hybridized carbons (Fsp3) is 0.889. The first-order valence-electron chi connectivity index (χ1n) is 4.34. The Morgan fingerprint density at radius 2 is 2.17 bits per heavy atom. The van der Waals surface area contributed by atoms with Crippen LogP contribution in [0, 0.1) is 0 Å². The maximum absolute atomic E-state index is 11.3. The van der Waals surface area contributed by atoms with Gasteiger partial charge in [0.05, 0.1) is 17.3 Å². The van der Waals surface area contributed by atoms with Crippen molar-refractivity contribution < 1.29 is 14.6 Å². The molecule has 3 nitrogen and oxygen atoms in total. The van der Waals surface area contributed by atoms with Gasteiger partial charge in [-0.1, -0.05) is 0 Å². The Kier molecular flexibility index (Phi) is 1.43. The highest BCUT2D eigenvalue weighted by molar-refractivity contribution is 5.82. The normalized spacial score (nSPS) is 52.9. The lowest BCUT2D eigenvalue weighted by atomic mass is 9.93. The lowest BCUT2D eigenvalue weighted by molar-refractivity contribution is -0.160. The Bertz CT molecular complexity index is 238. The summed E-state index contributed by atoms with van der Waals surface area (Å²) in [6, 6.07) is 0. The van der Waals surface area contributed by atoms with Gasteiger partial charge in [-0.3, -0.25) is 4.79 Å². The summed E-state index contributed by atoms with van der Waals surface area (Å²) in [5, 5.41) is 9.66. The molecule has 2 bridgehead atoms. The molecular weight excluding hydrogens is 156 g/mol. The quantitative estimate of drug-likeness (QED) is 0.580. The molecule has 2 aliphatic heterocycles. The molecule has 2 saturated heterocycles. The zero-order chi connectivity index (χ0) is 8.98. The van der Waals surface area contributed by atoms with Gasteiger partial charge in [0.1, 0.15) is 5.78 Å². The second-order valence-corrected chi connectivity index (χ2v) is 4.48. The van der Waals surface area contributed by atoms with E-state index in [2.05, 4.69) is 0 Å². The minimum atomic E-state index is -0.607. The SMILES string of the molecule is C[C@]12CC(=O)C[C@](C)(O1)C(O)C2. The highest BCUT2D eigenvalue weighted by Crippen LogP contribution is 2.46. The third-order valence-electron chi connectivity index (χ3n) is 2.93. The standard InChI is InChI=1S/C9H14O3/c1-8-3-6(10)4-9(2,12-8)7(11)5-8/h7,11H,3-5H2,1-2H3/t7?,8-,9+/m1/s1. The number of Topliss-reactive ketones (excluding diaryl/α,β-unsaturated/α-hetero) is 1. The van der Waals surface area contributed by atoms with E-state index in [0.29, 0.717) is 19.3 Å². The zero-order valence-electron chi connectivity index (χ0n) is 7.46. The van der Waals surface area contributed by atoms with Gasteiger partial charge in [0, 0.05) is 19.3 Å². The first kappa shape index (κ1) is 8.20. The van der Waals surface area contributed by atoms with E-state index in [1.807, 2.05) is 13.8 Å². The van der Waals surface area contributed by atoms with Crippen molar-refractivity contribution in [1.82, 2.24) is 0 Å². The van der Waals surface area contributed by atoms with Crippen molar-refractivity contribution >= 4 is 5.78 Å². The van der Waals surface area contributed by atoms with Gasteiger partial charge in [0.2, 0.25) is 0 Å². The third-order valence-corrected chi connectivity index (χ3v) is 2.93. The van der Waals surface area contributed by atoms with Crippen molar-refractivity contribution in [2.75, 3.05) is 0 Å². The largest absolute Gasteiger partial charge is 0.390 e. The number of carbonyl (C=O) groups is 1. The van der Waals surface area contributed by atoms with Crippen LogP contribution < -0.4 is 0 Å². The Morgan fingerprint density at radius 1 is 1.50 bits per heavy atom. The van der Waals surface area contributed by atoms with E-state index in [1.165, 1.54) is 0 Å². The lowest BCUT2D eigenvalue weighted by Crippen LogP contribution is -2.43. The smallest absolute Gasteiger partial charge is 0.138 e. The minimum absolute atomic E-state index is 0.211. The molecule has 1 unspecified atom stereocenters. The summed E-state index contributed by atoms with van der Waals surface area (Å²) in [6.45, 7) is 3.72. The molecule has 1 N–H and O–H groups in total. The van der Waals surface area contributed by atoms with Crippen molar-refractivity contribution in [2.24, 2.45) is 0 Å². The van der Waals surface area contributed by atoms with E-state index in [4.69, 9.17) is 4.74 Å². The fourth-order valence-corrected chi connectivity index (χ4v) is 2.43. The third kappa shape index (κ3) is 1.00. The number of fused-ring (bicyclic) bond motifs is 2.